The van der Waals surface area contributed by atoms with Crippen LogP contribution in [0.15, 0.2) is 65.8 Å². The maximum Gasteiger partial charge on any atom is 0.235 e. The third kappa shape index (κ3) is 3.43. The summed E-state index contributed by atoms with van der Waals surface area (Å²) < 4.78 is 5.82. The van der Waals surface area contributed by atoms with Gasteiger partial charge in [0.2, 0.25) is 6.29 Å². The summed E-state index contributed by atoms with van der Waals surface area (Å²) in [4.78, 5) is 5.74. The normalized spacial score (nSPS) is 23.9. The number of hydrogen-bond acceptors (Lipinski definition) is 4. The first-order valence-electron chi connectivity index (χ1n) is 7.83. The Labute approximate surface area is 141 Å². The van der Waals surface area contributed by atoms with Crippen LogP contribution >= 0.6 is 11.8 Å². The van der Waals surface area contributed by atoms with Crippen LogP contribution in [-0.2, 0) is 9.57 Å². The van der Waals surface area contributed by atoms with Crippen LogP contribution < -0.4 is 0 Å². The molecule has 0 saturated heterocycles. The first kappa shape index (κ1) is 16.1. The van der Waals surface area contributed by atoms with Gasteiger partial charge in [-0.2, -0.15) is 11.8 Å². The van der Waals surface area contributed by atoms with Crippen LogP contribution in [0, 0.1) is 0 Å². The van der Waals surface area contributed by atoms with Crippen LogP contribution in [0.3, 0.4) is 0 Å². The summed E-state index contributed by atoms with van der Waals surface area (Å²) in [6.07, 6.45) is 1.76. The summed E-state index contributed by atoms with van der Waals surface area (Å²) in [5.41, 5.74) is 3.29. The van der Waals surface area contributed by atoms with Gasteiger partial charge in [-0.3, -0.25) is 0 Å². The van der Waals surface area contributed by atoms with Crippen LogP contribution in [0.1, 0.15) is 24.0 Å². The van der Waals surface area contributed by atoms with Gasteiger partial charge in [0.25, 0.3) is 0 Å². The smallest absolute Gasteiger partial charge is 0.235 e. The third-order valence-corrected chi connectivity index (χ3v) is 5.01. The fourth-order valence-corrected chi connectivity index (χ4v) is 3.91. The van der Waals surface area contributed by atoms with Crippen molar-refractivity contribution in [1.29, 1.82) is 0 Å². The number of nitrogens with zero attached hydrogens (tertiary/aromatic N) is 1. The van der Waals surface area contributed by atoms with Crippen LogP contribution in [0.4, 0.5) is 0 Å². The molecule has 0 unspecified atom stereocenters. The van der Waals surface area contributed by atoms with Gasteiger partial charge >= 0.3 is 0 Å². The minimum atomic E-state index is -0.354. The van der Waals surface area contributed by atoms with Crippen LogP contribution in [-0.4, -0.2) is 30.1 Å². The molecule has 23 heavy (non-hydrogen) atoms. The van der Waals surface area contributed by atoms with E-state index in [0.717, 1.165) is 11.3 Å². The molecule has 0 N–H and O–H groups in total. The molecule has 0 radical (unpaired) electrons. The van der Waals surface area contributed by atoms with Crippen molar-refractivity contribution < 1.29 is 9.57 Å². The van der Waals surface area contributed by atoms with E-state index in [9.17, 15) is 0 Å². The van der Waals surface area contributed by atoms with E-state index in [0.29, 0.717) is 6.61 Å². The van der Waals surface area contributed by atoms with E-state index in [2.05, 4.69) is 47.8 Å². The molecule has 2 aromatic rings. The fourth-order valence-electron chi connectivity index (χ4n) is 2.93. The van der Waals surface area contributed by atoms with Crippen molar-refractivity contribution >= 4 is 17.5 Å². The third-order valence-electron chi connectivity index (χ3n) is 3.98. The second-order valence-corrected chi connectivity index (χ2v) is 6.34. The Bertz CT molecular complexity index is 645. The standard InChI is InChI=1S/C19H21NO2S/c1-3-21-19-16(14-10-6-4-7-11-14)18(23-2)17(20-22-19)15-12-8-5-9-13-15/h4-13,16,18-19H,3H2,1-2H3/t16-,18-,19-/m1/s1. The van der Waals surface area contributed by atoms with Crippen molar-refractivity contribution in [3.05, 3.63) is 71.8 Å². The largest absolute Gasteiger partial charge is 0.363 e. The molecular weight excluding hydrogens is 306 g/mol. The molecule has 0 fully saturated rings. The van der Waals surface area contributed by atoms with Crippen molar-refractivity contribution in [2.45, 2.75) is 24.4 Å². The molecule has 0 bridgehead atoms. The summed E-state index contributed by atoms with van der Waals surface area (Å²) >= 11 is 1.79. The highest BCUT2D eigenvalue weighted by molar-refractivity contribution is 8.00. The number of rotatable bonds is 5. The van der Waals surface area contributed by atoms with Gasteiger partial charge in [0.05, 0.1) is 11.2 Å². The molecule has 3 nitrogen and oxygen atoms in total. The van der Waals surface area contributed by atoms with Crippen molar-refractivity contribution in [3.63, 3.8) is 0 Å². The lowest BCUT2D eigenvalue weighted by Crippen LogP contribution is -2.40. The van der Waals surface area contributed by atoms with E-state index in [1.54, 1.807) is 11.8 Å². The van der Waals surface area contributed by atoms with Crippen molar-refractivity contribution in [3.8, 4) is 0 Å². The van der Waals surface area contributed by atoms with Crippen molar-refractivity contribution in [2.24, 2.45) is 5.16 Å². The molecule has 3 rings (SSSR count). The maximum atomic E-state index is 5.82. The van der Waals surface area contributed by atoms with Gasteiger partial charge < -0.3 is 9.57 Å². The molecule has 2 aromatic carbocycles. The quantitative estimate of drug-likeness (QED) is 0.820. The minimum absolute atomic E-state index is 0.110. The average molecular weight is 327 g/mol. The number of ether oxygens (including phenoxy) is 1. The SMILES string of the molecule is CCO[C@@H]1ON=C(c2ccccc2)[C@H](SC)[C@H]1c1ccccc1. The molecule has 0 aliphatic carbocycles. The monoisotopic (exact) mass is 327 g/mol. The number of benzene rings is 2. The number of hydrogen-bond donors (Lipinski definition) is 0. The predicted molar refractivity (Wildman–Crippen MR) is 96.0 cm³/mol. The molecule has 4 heteroatoms. The van der Waals surface area contributed by atoms with Gasteiger partial charge in [-0.1, -0.05) is 65.8 Å². The zero-order valence-electron chi connectivity index (χ0n) is 13.4. The Morgan fingerprint density at radius 3 is 2.30 bits per heavy atom. The Kier molecular flexibility index (Phi) is 5.36. The van der Waals surface area contributed by atoms with Gasteiger partial charge in [0, 0.05) is 12.2 Å². The summed E-state index contributed by atoms with van der Waals surface area (Å²) in [5.74, 6) is 0.110. The van der Waals surface area contributed by atoms with Gasteiger partial charge in [0.15, 0.2) is 0 Å². The molecule has 0 saturated carbocycles. The molecule has 1 heterocycles. The molecule has 0 aromatic heterocycles. The van der Waals surface area contributed by atoms with Crippen LogP contribution in [0.2, 0.25) is 0 Å². The van der Waals surface area contributed by atoms with Gasteiger partial charge in [-0.05, 0) is 18.7 Å². The maximum absolute atomic E-state index is 5.82. The highest BCUT2D eigenvalue weighted by Gasteiger charge is 2.40. The van der Waals surface area contributed by atoms with E-state index in [4.69, 9.17) is 9.57 Å². The first-order valence-corrected chi connectivity index (χ1v) is 9.12. The van der Waals surface area contributed by atoms with E-state index >= 15 is 0 Å². The lowest BCUT2D eigenvalue weighted by atomic mass is 9.89. The topological polar surface area (TPSA) is 30.8 Å². The highest BCUT2D eigenvalue weighted by atomic mass is 32.2. The van der Waals surface area contributed by atoms with Gasteiger partial charge in [-0.25, -0.2) is 0 Å². The Balaban J connectivity index is 2.01. The summed E-state index contributed by atoms with van der Waals surface area (Å²) in [7, 11) is 0. The van der Waals surface area contributed by atoms with Gasteiger partial charge in [0.1, 0.15) is 5.71 Å². The van der Waals surface area contributed by atoms with E-state index in [1.165, 1.54) is 5.56 Å². The summed E-state index contributed by atoms with van der Waals surface area (Å²) in [5, 5.41) is 4.58. The Hall–Kier alpha value is -1.78. The lowest BCUT2D eigenvalue weighted by molar-refractivity contribution is -0.157. The van der Waals surface area contributed by atoms with Crippen LogP contribution in [0.25, 0.3) is 0 Å². The van der Waals surface area contributed by atoms with E-state index in [-0.39, 0.29) is 17.5 Å². The van der Waals surface area contributed by atoms with Crippen LogP contribution in [0.5, 0.6) is 0 Å². The fraction of sp³-hybridized carbons (Fsp3) is 0.316. The lowest BCUT2D eigenvalue weighted by Gasteiger charge is -2.35. The number of thioether (sulfide) groups is 1. The second kappa shape index (κ2) is 7.66. The molecule has 0 spiro atoms. The zero-order valence-corrected chi connectivity index (χ0v) is 14.2. The van der Waals surface area contributed by atoms with Crippen molar-refractivity contribution in [1.82, 2.24) is 0 Å². The number of oxime groups is 1. The molecule has 1 aliphatic heterocycles. The summed E-state index contributed by atoms with van der Waals surface area (Å²) in [6.45, 7) is 2.58. The zero-order chi connectivity index (χ0) is 16.1. The second-order valence-electron chi connectivity index (χ2n) is 5.36. The van der Waals surface area contributed by atoms with Crippen molar-refractivity contribution in [2.75, 3.05) is 12.9 Å². The first-order chi connectivity index (χ1) is 11.3. The Morgan fingerprint density at radius 1 is 1.04 bits per heavy atom. The van der Waals surface area contributed by atoms with E-state index in [1.807, 2.05) is 31.2 Å². The molecular formula is C19H21NO2S. The molecule has 1 aliphatic rings. The molecule has 3 atom stereocenters. The summed E-state index contributed by atoms with van der Waals surface area (Å²) in [6, 6.07) is 20.6. The minimum Gasteiger partial charge on any atom is -0.363 e. The molecule has 0 amide bonds. The molecule has 120 valence electrons. The average Bonchev–Trinajstić information content (AvgIpc) is 2.63. The Morgan fingerprint density at radius 2 is 1.70 bits per heavy atom. The predicted octanol–water partition coefficient (Wildman–Crippen LogP) is 4.30. The van der Waals surface area contributed by atoms with Gasteiger partial charge in [-0.15, -0.1) is 0 Å². The highest BCUT2D eigenvalue weighted by Crippen LogP contribution is 2.38. The van der Waals surface area contributed by atoms with E-state index < -0.39 is 0 Å².